The molecule has 3 atom stereocenters. The molecule has 0 saturated heterocycles. The minimum absolute atomic E-state index is 0.0729. The van der Waals surface area contributed by atoms with Gasteiger partial charge < -0.3 is 14.3 Å². The zero-order valence-corrected chi connectivity index (χ0v) is 20.2. The number of imidazole rings is 1. The summed E-state index contributed by atoms with van der Waals surface area (Å²) >= 11 is 0. The van der Waals surface area contributed by atoms with Crippen LogP contribution in [0.2, 0.25) is 0 Å². The molecule has 0 aliphatic carbocycles. The van der Waals surface area contributed by atoms with Crippen molar-refractivity contribution in [2.45, 2.75) is 25.3 Å². The third kappa shape index (κ3) is 3.54. The van der Waals surface area contributed by atoms with Crippen molar-refractivity contribution in [1.82, 2.24) is 39.2 Å². The number of amides is 1. The topological polar surface area (TPSA) is 110 Å². The zero-order valence-electron chi connectivity index (χ0n) is 19.0. The van der Waals surface area contributed by atoms with E-state index in [2.05, 4.69) is 20.1 Å². The maximum atomic E-state index is 14.6. The van der Waals surface area contributed by atoms with E-state index >= 15 is 0 Å². The lowest BCUT2D eigenvalue weighted by Crippen LogP contribution is -2.41. The van der Waals surface area contributed by atoms with Crippen LogP contribution in [0, 0.1) is 6.92 Å². The molecule has 0 spiro atoms. The number of pyridine rings is 1. The molecule has 12 heteroatoms. The molecule has 0 fully saturated rings. The van der Waals surface area contributed by atoms with Crippen molar-refractivity contribution in [3.63, 3.8) is 0 Å². The fraction of sp³-hybridized carbons (Fsp3) is 0.261. The van der Waals surface area contributed by atoms with Crippen molar-refractivity contribution in [1.29, 1.82) is 0 Å². The maximum absolute atomic E-state index is 14.6. The molecular weight excluding hydrogens is 470 g/mol. The Kier molecular flexibility index (Phi) is 5.03. The number of H-pyrrole nitrogens is 1. The van der Waals surface area contributed by atoms with Crippen molar-refractivity contribution in [3.05, 3.63) is 77.2 Å². The molecule has 5 aromatic heterocycles. The quantitative estimate of drug-likeness (QED) is 0.385. The van der Waals surface area contributed by atoms with Crippen molar-refractivity contribution >= 4 is 20.7 Å². The lowest BCUT2D eigenvalue weighted by atomic mass is 9.99. The Hall–Kier alpha value is -3.85. The molecule has 0 saturated carbocycles. The third-order valence-corrected chi connectivity index (χ3v) is 6.57. The van der Waals surface area contributed by atoms with Gasteiger partial charge in [0.05, 0.1) is 35.0 Å². The van der Waals surface area contributed by atoms with Gasteiger partial charge in [-0.3, -0.25) is 9.48 Å². The fourth-order valence-electron chi connectivity index (χ4n) is 4.56. The van der Waals surface area contributed by atoms with Gasteiger partial charge in [-0.2, -0.15) is 10.2 Å². The van der Waals surface area contributed by atoms with Crippen LogP contribution < -0.4 is 0 Å². The van der Waals surface area contributed by atoms with Crippen LogP contribution in [-0.4, -0.2) is 51.7 Å². The van der Waals surface area contributed by atoms with E-state index in [1.165, 1.54) is 0 Å². The molecule has 0 aromatic carbocycles. The van der Waals surface area contributed by atoms with E-state index in [9.17, 15) is 9.18 Å². The van der Waals surface area contributed by atoms with Gasteiger partial charge in [0.2, 0.25) is 11.7 Å². The SMILES string of the molecule is Cc1cccn2nc([C@@H]3c4nc[nH]c4CCN3C(=O)c3oc(-c4cnn(C)c4)nc3C(F)P)cc12. The Morgan fingerprint density at radius 1 is 1.40 bits per heavy atom. The van der Waals surface area contributed by atoms with Gasteiger partial charge in [0, 0.05) is 38.1 Å². The zero-order chi connectivity index (χ0) is 24.3. The minimum atomic E-state index is -1.58. The molecule has 35 heavy (non-hydrogen) atoms. The first-order chi connectivity index (χ1) is 16.9. The predicted molar refractivity (Wildman–Crippen MR) is 127 cm³/mol. The van der Waals surface area contributed by atoms with Gasteiger partial charge in [-0.15, -0.1) is 0 Å². The molecule has 0 radical (unpaired) electrons. The van der Waals surface area contributed by atoms with Gasteiger partial charge in [-0.25, -0.2) is 18.9 Å². The highest BCUT2D eigenvalue weighted by atomic mass is 31.0. The Balaban J connectivity index is 1.46. The van der Waals surface area contributed by atoms with E-state index in [1.807, 2.05) is 40.6 Å². The van der Waals surface area contributed by atoms with Crippen molar-refractivity contribution in [3.8, 4) is 11.5 Å². The Morgan fingerprint density at radius 2 is 2.26 bits per heavy atom. The van der Waals surface area contributed by atoms with E-state index in [0.29, 0.717) is 29.9 Å². The minimum Gasteiger partial charge on any atom is -0.430 e. The van der Waals surface area contributed by atoms with Gasteiger partial charge in [-0.1, -0.05) is 15.3 Å². The summed E-state index contributed by atoms with van der Waals surface area (Å²) < 4.78 is 23.8. The van der Waals surface area contributed by atoms with Gasteiger partial charge in [0.25, 0.3) is 5.91 Å². The standard InChI is InChI=1S/C23H22FN8O2P/c1-12-4-3-6-32-16(12)8-15(29-32)19-17-14(25-11-26-17)5-7-31(19)23(33)20-18(21(24)35)28-22(34-20)13-9-27-30(2)10-13/h3-4,6,8-11,19,21H,5,7,35H2,1-2H3,(H,25,26)/t19-,21?/m1/s1. The number of carbonyl (C=O) groups excluding carboxylic acids is 1. The summed E-state index contributed by atoms with van der Waals surface area (Å²) in [7, 11) is 3.79. The van der Waals surface area contributed by atoms with Gasteiger partial charge in [0.15, 0.2) is 5.91 Å². The fourth-order valence-corrected chi connectivity index (χ4v) is 4.79. The lowest BCUT2D eigenvalue weighted by Gasteiger charge is -2.33. The molecular formula is C23H22FN8O2P. The van der Waals surface area contributed by atoms with Crippen molar-refractivity contribution in [2.75, 3.05) is 6.54 Å². The smallest absolute Gasteiger partial charge is 0.292 e. The van der Waals surface area contributed by atoms with Crippen LogP contribution in [0.4, 0.5) is 4.39 Å². The molecule has 6 heterocycles. The van der Waals surface area contributed by atoms with Crippen LogP contribution in [0.1, 0.15) is 50.8 Å². The van der Waals surface area contributed by atoms with E-state index in [1.54, 1.807) is 39.9 Å². The van der Waals surface area contributed by atoms with Crippen molar-refractivity contribution in [2.24, 2.45) is 7.05 Å². The van der Waals surface area contributed by atoms with Gasteiger partial charge in [-0.05, 0) is 24.6 Å². The summed E-state index contributed by atoms with van der Waals surface area (Å²) in [5, 5.41) is 8.86. The summed E-state index contributed by atoms with van der Waals surface area (Å²) in [6.45, 7) is 2.38. The highest BCUT2D eigenvalue weighted by molar-refractivity contribution is 7.16. The summed E-state index contributed by atoms with van der Waals surface area (Å²) in [5.74, 6) is -2.06. The Labute approximate surface area is 201 Å². The Morgan fingerprint density at radius 3 is 3.00 bits per heavy atom. The predicted octanol–water partition coefficient (Wildman–Crippen LogP) is 3.39. The molecule has 0 bridgehead atoms. The van der Waals surface area contributed by atoms with Crippen molar-refractivity contribution < 1.29 is 13.6 Å². The van der Waals surface area contributed by atoms with Crippen LogP contribution >= 0.6 is 9.24 Å². The van der Waals surface area contributed by atoms with E-state index < -0.39 is 17.9 Å². The molecule has 6 rings (SSSR count). The number of carbonyl (C=O) groups is 1. The van der Waals surface area contributed by atoms with Crippen LogP contribution in [0.25, 0.3) is 17.0 Å². The van der Waals surface area contributed by atoms with Gasteiger partial charge in [0.1, 0.15) is 11.7 Å². The third-order valence-electron chi connectivity index (χ3n) is 6.26. The molecule has 5 aromatic rings. The van der Waals surface area contributed by atoms with E-state index in [0.717, 1.165) is 16.8 Å². The van der Waals surface area contributed by atoms with Crippen LogP contribution in [-0.2, 0) is 13.5 Å². The summed E-state index contributed by atoms with van der Waals surface area (Å²) in [5.41, 5.74) is 4.79. The highest BCUT2D eigenvalue weighted by Crippen LogP contribution is 2.37. The number of fused-ring (bicyclic) bond motifs is 2. The molecule has 1 amide bonds. The number of aryl methyl sites for hydroxylation is 2. The monoisotopic (exact) mass is 492 g/mol. The average Bonchev–Trinajstić information content (AvgIpc) is 3.62. The molecule has 1 aliphatic rings. The molecule has 2 unspecified atom stereocenters. The first-order valence-electron chi connectivity index (χ1n) is 11.1. The maximum Gasteiger partial charge on any atom is 0.292 e. The summed E-state index contributed by atoms with van der Waals surface area (Å²) in [6.07, 6.45) is 7.30. The number of rotatable bonds is 4. The number of halogens is 1. The van der Waals surface area contributed by atoms with Crippen LogP contribution in [0.5, 0.6) is 0 Å². The molecule has 178 valence electrons. The van der Waals surface area contributed by atoms with E-state index in [4.69, 9.17) is 9.52 Å². The van der Waals surface area contributed by atoms with Crippen LogP contribution in [0.3, 0.4) is 0 Å². The summed E-state index contributed by atoms with van der Waals surface area (Å²) in [4.78, 5) is 27.5. The normalized spacial score (nSPS) is 16.6. The number of hydrogen-bond donors (Lipinski definition) is 1. The number of oxazole rings is 1. The second-order valence-electron chi connectivity index (χ2n) is 8.55. The number of nitrogens with one attached hydrogen (secondary N) is 1. The molecule has 10 nitrogen and oxygen atoms in total. The van der Waals surface area contributed by atoms with E-state index in [-0.39, 0.29) is 17.3 Å². The average molecular weight is 492 g/mol. The number of alkyl halides is 1. The first-order valence-corrected chi connectivity index (χ1v) is 11.7. The number of hydrogen-bond acceptors (Lipinski definition) is 6. The Bertz CT molecular complexity index is 1560. The first kappa shape index (κ1) is 21.7. The van der Waals surface area contributed by atoms with Crippen LogP contribution in [0.15, 0.2) is 47.5 Å². The largest absolute Gasteiger partial charge is 0.430 e. The number of aromatic nitrogens is 7. The molecule has 1 aliphatic heterocycles. The highest BCUT2D eigenvalue weighted by Gasteiger charge is 2.39. The second-order valence-corrected chi connectivity index (χ2v) is 9.13. The molecule has 1 N–H and O–H groups in total. The summed E-state index contributed by atoms with van der Waals surface area (Å²) in [6, 6.07) is 5.31. The lowest BCUT2D eigenvalue weighted by molar-refractivity contribution is 0.0652. The number of aromatic amines is 1. The van der Waals surface area contributed by atoms with Gasteiger partial charge >= 0.3 is 0 Å². The number of nitrogens with zero attached hydrogens (tertiary/aromatic N) is 7. The second kappa shape index (κ2) is 8.13.